The molecule has 0 spiro atoms. The topological polar surface area (TPSA) is 104 Å². The minimum atomic E-state index is -3.76. The molecule has 1 aromatic carbocycles. The van der Waals surface area contributed by atoms with E-state index < -0.39 is 25.7 Å². The van der Waals surface area contributed by atoms with Gasteiger partial charge in [0.2, 0.25) is 0 Å². The molecule has 0 radical (unpaired) electrons. The molecule has 0 aromatic heterocycles. The summed E-state index contributed by atoms with van der Waals surface area (Å²) in [6, 6.07) is 7.28. The highest BCUT2D eigenvalue weighted by molar-refractivity contribution is 7.86. The van der Waals surface area contributed by atoms with Crippen LogP contribution >= 0.6 is 0 Å². The van der Waals surface area contributed by atoms with Gasteiger partial charge in [0, 0.05) is 6.42 Å². The zero-order valence-corrected chi connectivity index (χ0v) is 25.2. The number of hydrogen-bond acceptors (Lipinski definition) is 7. The van der Waals surface area contributed by atoms with Gasteiger partial charge in [-0.15, -0.1) is 0 Å². The van der Waals surface area contributed by atoms with Crippen LogP contribution in [0.2, 0.25) is 0 Å². The van der Waals surface area contributed by atoms with E-state index in [-0.39, 0.29) is 23.1 Å². The zero-order valence-electron chi connectivity index (χ0n) is 23.5. The highest BCUT2D eigenvalue weighted by atomic mass is 32.2. The number of rotatable bonds is 17. The zero-order chi connectivity index (χ0) is 28.0. The van der Waals surface area contributed by atoms with Gasteiger partial charge in [0.15, 0.2) is 0 Å². The van der Waals surface area contributed by atoms with Crippen molar-refractivity contribution in [2.75, 3.05) is 12.0 Å². The van der Waals surface area contributed by atoms with Crippen LogP contribution in [0, 0.1) is 16.7 Å². The molecule has 0 N–H and O–H groups in total. The van der Waals surface area contributed by atoms with Gasteiger partial charge in [-0.05, 0) is 62.0 Å². The number of fused-ring (bicyclic) bond motifs is 2. The normalized spacial score (nSPS) is 23.6. The summed E-state index contributed by atoms with van der Waals surface area (Å²) in [4.78, 5) is 12.7. The second-order valence-corrected chi connectivity index (χ2v) is 15.2. The molecule has 9 heteroatoms. The lowest BCUT2D eigenvalue weighted by atomic mass is 9.70. The van der Waals surface area contributed by atoms with Crippen LogP contribution < -0.4 is 4.18 Å². The maximum absolute atomic E-state index is 12.8. The molecular formula is C29H46O7S2. The SMILES string of the molecule is C[C@@H](CCCCCCCCCCc1ccccc1OS(C)(=O)=O)OS(=O)(=O)C[C@]12CC[C@H](CC1=O)C2(C)C. The fourth-order valence-corrected chi connectivity index (χ4v) is 8.94. The van der Waals surface area contributed by atoms with Crippen LogP contribution in [-0.4, -0.2) is 40.7 Å². The lowest BCUT2D eigenvalue weighted by Gasteiger charge is -2.36. The molecule has 2 aliphatic rings. The predicted octanol–water partition coefficient (Wildman–Crippen LogP) is 6.21. The second kappa shape index (κ2) is 12.8. The largest absolute Gasteiger partial charge is 0.382 e. The molecule has 0 aliphatic heterocycles. The molecule has 2 fully saturated rings. The first-order chi connectivity index (χ1) is 17.8. The summed E-state index contributed by atoms with van der Waals surface area (Å²) in [5.41, 5.74) is -0.133. The Morgan fingerprint density at radius 2 is 1.55 bits per heavy atom. The lowest BCUT2D eigenvalue weighted by Crippen LogP contribution is -2.43. The highest BCUT2D eigenvalue weighted by Gasteiger charge is 2.65. The average molecular weight is 571 g/mol. The van der Waals surface area contributed by atoms with Crippen molar-refractivity contribution in [3.63, 3.8) is 0 Å². The van der Waals surface area contributed by atoms with Crippen LogP contribution in [0.25, 0.3) is 0 Å². The van der Waals surface area contributed by atoms with Crippen LogP contribution in [0.5, 0.6) is 5.75 Å². The number of hydrogen-bond donors (Lipinski definition) is 0. The number of benzene rings is 1. The Balaban J connectivity index is 1.25. The van der Waals surface area contributed by atoms with E-state index in [9.17, 15) is 21.6 Å². The van der Waals surface area contributed by atoms with E-state index in [1.165, 1.54) is 0 Å². The van der Waals surface area contributed by atoms with Gasteiger partial charge >= 0.3 is 10.1 Å². The van der Waals surface area contributed by atoms with E-state index in [1.807, 2.05) is 32.9 Å². The lowest BCUT2D eigenvalue weighted by molar-refractivity contribution is -0.128. The Morgan fingerprint density at radius 3 is 2.13 bits per heavy atom. The van der Waals surface area contributed by atoms with Crippen molar-refractivity contribution in [2.45, 2.75) is 110 Å². The van der Waals surface area contributed by atoms with E-state index in [4.69, 9.17) is 8.37 Å². The van der Waals surface area contributed by atoms with Gasteiger partial charge in [-0.25, -0.2) is 0 Å². The molecule has 216 valence electrons. The summed E-state index contributed by atoms with van der Waals surface area (Å²) in [5, 5.41) is 0. The Bertz CT molecular complexity index is 1160. The van der Waals surface area contributed by atoms with Gasteiger partial charge in [-0.1, -0.05) is 77.0 Å². The van der Waals surface area contributed by atoms with Crippen molar-refractivity contribution in [3.8, 4) is 5.75 Å². The molecule has 7 nitrogen and oxygen atoms in total. The number of carbonyl (C=O) groups excluding carboxylic acids is 1. The third-order valence-electron chi connectivity index (χ3n) is 8.89. The van der Waals surface area contributed by atoms with Crippen LogP contribution in [0.15, 0.2) is 24.3 Å². The monoisotopic (exact) mass is 570 g/mol. The van der Waals surface area contributed by atoms with Gasteiger partial charge in [0.1, 0.15) is 11.5 Å². The summed E-state index contributed by atoms with van der Waals surface area (Å²) < 4.78 is 59.1. The van der Waals surface area contributed by atoms with Crippen molar-refractivity contribution in [2.24, 2.45) is 16.7 Å². The number of carbonyl (C=O) groups is 1. The number of aryl methyl sites for hydroxylation is 1. The third-order valence-corrected chi connectivity index (χ3v) is 10.8. The van der Waals surface area contributed by atoms with Gasteiger partial charge in [0.05, 0.1) is 23.5 Å². The second-order valence-electron chi connectivity index (χ2n) is 12.0. The standard InChI is InChI=1S/C29H46O7S2/c1-23(35-38(33,34)22-29-20-19-25(21-27(29)30)28(29,2)3)15-11-9-7-5-6-8-10-12-16-24-17-13-14-18-26(24)36-37(4,31)32/h13-14,17-18,23,25H,5-12,15-16,19-22H2,1-4H3/t23-,25+,29+/m0/s1. The number of ketones is 1. The van der Waals surface area contributed by atoms with E-state index in [0.717, 1.165) is 76.0 Å². The molecule has 0 heterocycles. The quantitative estimate of drug-likeness (QED) is 0.162. The minimum absolute atomic E-state index is 0.101. The van der Waals surface area contributed by atoms with Crippen molar-refractivity contribution < 1.29 is 30.0 Å². The van der Waals surface area contributed by atoms with Crippen LogP contribution in [-0.2, 0) is 35.6 Å². The average Bonchev–Trinajstić information content (AvgIpc) is 3.14. The Morgan fingerprint density at radius 1 is 0.947 bits per heavy atom. The fraction of sp³-hybridized carbons (Fsp3) is 0.759. The number of Topliss-reactive ketones (excluding diaryl/α,β-unsaturated/α-hetero) is 1. The van der Waals surface area contributed by atoms with Crippen molar-refractivity contribution in [3.05, 3.63) is 29.8 Å². The van der Waals surface area contributed by atoms with E-state index in [0.29, 0.717) is 30.9 Å². The molecule has 2 aliphatic carbocycles. The van der Waals surface area contributed by atoms with E-state index >= 15 is 0 Å². The molecule has 1 aromatic rings. The van der Waals surface area contributed by atoms with E-state index in [2.05, 4.69) is 0 Å². The summed E-state index contributed by atoms with van der Waals surface area (Å²) in [6.07, 6.45) is 12.8. The van der Waals surface area contributed by atoms with Gasteiger partial charge in [0.25, 0.3) is 10.1 Å². The molecule has 2 bridgehead atoms. The van der Waals surface area contributed by atoms with Gasteiger partial charge in [-0.2, -0.15) is 16.8 Å². The molecule has 38 heavy (non-hydrogen) atoms. The molecule has 3 rings (SSSR count). The van der Waals surface area contributed by atoms with Crippen LogP contribution in [0.3, 0.4) is 0 Å². The fourth-order valence-electron chi connectivity index (χ4n) is 6.51. The predicted molar refractivity (Wildman–Crippen MR) is 150 cm³/mol. The maximum Gasteiger partial charge on any atom is 0.306 e. The van der Waals surface area contributed by atoms with Gasteiger partial charge in [-0.3, -0.25) is 8.98 Å². The molecular weight excluding hydrogens is 524 g/mol. The van der Waals surface area contributed by atoms with Crippen molar-refractivity contribution in [1.29, 1.82) is 0 Å². The molecule has 0 saturated heterocycles. The molecule has 3 atom stereocenters. The molecule has 2 saturated carbocycles. The van der Waals surface area contributed by atoms with Crippen molar-refractivity contribution in [1.82, 2.24) is 0 Å². The van der Waals surface area contributed by atoms with E-state index in [1.54, 1.807) is 12.1 Å². The molecule has 0 unspecified atom stereocenters. The summed E-state index contributed by atoms with van der Waals surface area (Å²) in [6.45, 7) is 5.91. The maximum atomic E-state index is 12.8. The summed E-state index contributed by atoms with van der Waals surface area (Å²) in [5.74, 6) is 0.636. The third kappa shape index (κ3) is 8.04. The summed E-state index contributed by atoms with van der Waals surface area (Å²) in [7, 11) is -7.29. The highest BCUT2D eigenvalue weighted by Crippen LogP contribution is 2.64. The van der Waals surface area contributed by atoms with Crippen LogP contribution in [0.4, 0.5) is 0 Å². The molecule has 0 amide bonds. The first-order valence-electron chi connectivity index (χ1n) is 14.2. The van der Waals surface area contributed by atoms with Gasteiger partial charge < -0.3 is 4.18 Å². The first kappa shape index (κ1) is 31.1. The Hall–Kier alpha value is -1.45. The van der Waals surface area contributed by atoms with Crippen LogP contribution in [0.1, 0.15) is 103 Å². The smallest absolute Gasteiger partial charge is 0.306 e. The van der Waals surface area contributed by atoms with Crippen molar-refractivity contribution >= 4 is 26.0 Å². The number of unbranched alkanes of at least 4 members (excludes halogenated alkanes) is 7. The first-order valence-corrected chi connectivity index (χ1v) is 17.6. The Kier molecular flexibility index (Phi) is 10.5. The minimum Gasteiger partial charge on any atom is -0.382 e. The number of para-hydroxylation sites is 1. The summed E-state index contributed by atoms with van der Waals surface area (Å²) >= 11 is 0. The Labute approximate surface area is 230 Å².